The lowest BCUT2D eigenvalue weighted by Gasteiger charge is -2.12. The van der Waals surface area contributed by atoms with E-state index >= 15 is 0 Å². The van der Waals surface area contributed by atoms with E-state index < -0.39 is 0 Å². The quantitative estimate of drug-likeness (QED) is 0.800. The van der Waals surface area contributed by atoms with Crippen molar-refractivity contribution in [2.24, 2.45) is 0 Å². The smallest absolute Gasteiger partial charge is 0.120 e. The minimum Gasteiger partial charge on any atom is -0.497 e. The highest BCUT2D eigenvalue weighted by atomic mass is 79.9. The van der Waals surface area contributed by atoms with E-state index in [1.165, 1.54) is 0 Å². The van der Waals surface area contributed by atoms with Crippen molar-refractivity contribution < 1.29 is 9.47 Å². The summed E-state index contributed by atoms with van der Waals surface area (Å²) in [7, 11) is 1.67. The number of nitrogens with one attached hydrogen (secondary N) is 1. The second-order valence-electron chi connectivity index (χ2n) is 4.41. The van der Waals surface area contributed by atoms with Crippen molar-refractivity contribution in [1.82, 2.24) is 0 Å². The van der Waals surface area contributed by atoms with E-state index in [0.717, 1.165) is 33.8 Å². The van der Waals surface area contributed by atoms with Gasteiger partial charge < -0.3 is 14.8 Å². The van der Waals surface area contributed by atoms with Gasteiger partial charge in [0.15, 0.2) is 0 Å². The third kappa shape index (κ3) is 4.17. The van der Waals surface area contributed by atoms with Crippen molar-refractivity contribution in [3.63, 3.8) is 0 Å². The number of aryl methyl sites for hydroxylation is 1. The minimum atomic E-state index is 0.613. The van der Waals surface area contributed by atoms with E-state index in [-0.39, 0.29) is 0 Å². The first-order valence-electron chi connectivity index (χ1n) is 6.46. The van der Waals surface area contributed by atoms with Gasteiger partial charge in [-0.1, -0.05) is 22.0 Å². The molecule has 0 aliphatic rings. The number of hydrogen-bond donors (Lipinski definition) is 1. The Kier molecular flexibility index (Phi) is 5.30. The van der Waals surface area contributed by atoms with Crippen LogP contribution >= 0.6 is 15.9 Å². The Bertz CT molecular complexity index is 572. The van der Waals surface area contributed by atoms with Gasteiger partial charge in [-0.3, -0.25) is 0 Å². The molecule has 2 aromatic rings. The molecule has 0 spiro atoms. The Morgan fingerprint density at radius 3 is 2.65 bits per heavy atom. The lowest BCUT2D eigenvalue weighted by molar-refractivity contribution is 0.332. The molecule has 0 aliphatic heterocycles. The number of halogens is 1. The normalized spacial score (nSPS) is 10.2. The Morgan fingerprint density at radius 2 is 1.95 bits per heavy atom. The van der Waals surface area contributed by atoms with Crippen LogP contribution < -0.4 is 14.8 Å². The van der Waals surface area contributed by atoms with Gasteiger partial charge in [0.05, 0.1) is 7.11 Å². The highest BCUT2D eigenvalue weighted by molar-refractivity contribution is 9.10. The molecule has 4 heteroatoms. The summed E-state index contributed by atoms with van der Waals surface area (Å²) >= 11 is 3.42. The molecular formula is C16H18BrNO2. The molecular weight excluding hydrogens is 318 g/mol. The van der Waals surface area contributed by atoms with Gasteiger partial charge in [-0.2, -0.15) is 0 Å². The van der Waals surface area contributed by atoms with Gasteiger partial charge in [0, 0.05) is 16.7 Å². The van der Waals surface area contributed by atoms with Crippen molar-refractivity contribution in [1.29, 1.82) is 0 Å². The van der Waals surface area contributed by atoms with E-state index in [0.29, 0.717) is 6.61 Å². The number of hydrogen-bond acceptors (Lipinski definition) is 3. The first-order valence-corrected chi connectivity index (χ1v) is 7.25. The minimum absolute atomic E-state index is 0.613. The van der Waals surface area contributed by atoms with Gasteiger partial charge in [-0.25, -0.2) is 0 Å². The Hall–Kier alpha value is -1.68. The molecule has 0 radical (unpaired) electrons. The second-order valence-corrected chi connectivity index (χ2v) is 5.33. The van der Waals surface area contributed by atoms with E-state index in [1.807, 2.05) is 42.5 Å². The number of ether oxygens (including phenoxy) is 2. The van der Waals surface area contributed by atoms with Crippen molar-refractivity contribution in [3.8, 4) is 11.5 Å². The molecule has 0 amide bonds. The molecule has 2 aromatic carbocycles. The van der Waals surface area contributed by atoms with Gasteiger partial charge in [0.25, 0.3) is 0 Å². The second kappa shape index (κ2) is 7.20. The van der Waals surface area contributed by atoms with Crippen LogP contribution in [-0.2, 0) is 0 Å². The first-order chi connectivity index (χ1) is 9.69. The fourth-order valence-electron chi connectivity index (χ4n) is 1.87. The van der Waals surface area contributed by atoms with Crippen LogP contribution in [0.5, 0.6) is 11.5 Å². The number of methoxy groups -OCH3 is 1. The fraction of sp³-hybridized carbons (Fsp3) is 0.250. The SMILES string of the molecule is COc1ccc(NCCOc2cccc(Br)c2)c(C)c1. The maximum atomic E-state index is 5.68. The Labute approximate surface area is 128 Å². The van der Waals surface area contributed by atoms with E-state index in [4.69, 9.17) is 9.47 Å². The molecule has 0 atom stereocenters. The third-order valence-corrected chi connectivity index (χ3v) is 3.41. The molecule has 0 heterocycles. The maximum Gasteiger partial charge on any atom is 0.120 e. The largest absolute Gasteiger partial charge is 0.497 e. The number of anilines is 1. The standard InChI is InChI=1S/C16H18BrNO2/c1-12-10-14(19-2)6-7-16(12)18-8-9-20-15-5-3-4-13(17)11-15/h3-7,10-11,18H,8-9H2,1-2H3. The van der Waals surface area contributed by atoms with Crippen LogP contribution in [0.3, 0.4) is 0 Å². The lowest BCUT2D eigenvalue weighted by atomic mass is 10.2. The van der Waals surface area contributed by atoms with Crippen LogP contribution in [0.25, 0.3) is 0 Å². The van der Waals surface area contributed by atoms with Crippen molar-refractivity contribution in [3.05, 3.63) is 52.5 Å². The molecule has 3 nitrogen and oxygen atoms in total. The van der Waals surface area contributed by atoms with Gasteiger partial charge in [-0.05, 0) is 48.9 Å². The average Bonchev–Trinajstić information content (AvgIpc) is 2.45. The molecule has 0 saturated heterocycles. The topological polar surface area (TPSA) is 30.5 Å². The molecule has 0 aromatic heterocycles. The van der Waals surface area contributed by atoms with Crippen LogP contribution in [0, 0.1) is 6.92 Å². The summed E-state index contributed by atoms with van der Waals surface area (Å²) in [6.45, 7) is 3.42. The van der Waals surface area contributed by atoms with Crippen LogP contribution in [0.2, 0.25) is 0 Å². The molecule has 0 unspecified atom stereocenters. The molecule has 0 aliphatic carbocycles. The number of benzene rings is 2. The van der Waals surface area contributed by atoms with Crippen LogP contribution in [0.4, 0.5) is 5.69 Å². The Balaban J connectivity index is 1.81. The van der Waals surface area contributed by atoms with Gasteiger partial charge >= 0.3 is 0 Å². The lowest BCUT2D eigenvalue weighted by Crippen LogP contribution is -2.12. The molecule has 1 N–H and O–H groups in total. The van der Waals surface area contributed by atoms with Crippen LogP contribution in [-0.4, -0.2) is 20.3 Å². The van der Waals surface area contributed by atoms with Gasteiger partial charge in [0.2, 0.25) is 0 Å². The highest BCUT2D eigenvalue weighted by Gasteiger charge is 2.00. The zero-order valence-corrected chi connectivity index (χ0v) is 13.2. The molecule has 0 bridgehead atoms. The van der Waals surface area contributed by atoms with E-state index in [2.05, 4.69) is 28.2 Å². The molecule has 0 fully saturated rings. The van der Waals surface area contributed by atoms with E-state index in [9.17, 15) is 0 Å². The zero-order valence-electron chi connectivity index (χ0n) is 11.7. The number of rotatable bonds is 6. The van der Waals surface area contributed by atoms with Crippen LogP contribution in [0.15, 0.2) is 46.9 Å². The summed E-state index contributed by atoms with van der Waals surface area (Å²) < 4.78 is 11.9. The van der Waals surface area contributed by atoms with Gasteiger partial charge in [0.1, 0.15) is 18.1 Å². The van der Waals surface area contributed by atoms with Gasteiger partial charge in [-0.15, -0.1) is 0 Å². The fourth-order valence-corrected chi connectivity index (χ4v) is 2.25. The first kappa shape index (κ1) is 14.7. The predicted molar refractivity (Wildman–Crippen MR) is 85.9 cm³/mol. The summed E-state index contributed by atoms with van der Waals surface area (Å²) in [5, 5.41) is 3.36. The molecule has 2 rings (SSSR count). The zero-order chi connectivity index (χ0) is 14.4. The Morgan fingerprint density at radius 1 is 1.10 bits per heavy atom. The summed E-state index contributed by atoms with van der Waals surface area (Å²) in [4.78, 5) is 0. The van der Waals surface area contributed by atoms with Crippen molar-refractivity contribution in [2.75, 3.05) is 25.6 Å². The summed E-state index contributed by atoms with van der Waals surface area (Å²) in [6.07, 6.45) is 0. The summed E-state index contributed by atoms with van der Waals surface area (Å²) in [5.41, 5.74) is 2.26. The molecule has 20 heavy (non-hydrogen) atoms. The predicted octanol–water partition coefficient (Wildman–Crippen LogP) is 4.26. The van der Waals surface area contributed by atoms with Crippen molar-refractivity contribution >= 4 is 21.6 Å². The molecule has 0 saturated carbocycles. The van der Waals surface area contributed by atoms with Crippen LogP contribution in [0.1, 0.15) is 5.56 Å². The van der Waals surface area contributed by atoms with E-state index in [1.54, 1.807) is 7.11 Å². The monoisotopic (exact) mass is 335 g/mol. The van der Waals surface area contributed by atoms with Crippen molar-refractivity contribution in [2.45, 2.75) is 6.92 Å². The summed E-state index contributed by atoms with van der Waals surface area (Å²) in [5.74, 6) is 1.74. The highest BCUT2D eigenvalue weighted by Crippen LogP contribution is 2.21. The maximum absolute atomic E-state index is 5.68. The molecule has 106 valence electrons. The summed E-state index contributed by atoms with van der Waals surface area (Å²) in [6, 6.07) is 13.8. The average molecular weight is 336 g/mol. The third-order valence-electron chi connectivity index (χ3n) is 2.92.